The van der Waals surface area contributed by atoms with Gasteiger partial charge in [-0.15, -0.1) is 12.4 Å². The van der Waals surface area contributed by atoms with Gasteiger partial charge in [-0.25, -0.2) is 4.98 Å². The molecular formula is C14H19ClN2OS. The van der Waals surface area contributed by atoms with Crippen LogP contribution in [0.4, 0.5) is 5.13 Å². The van der Waals surface area contributed by atoms with Gasteiger partial charge in [0.1, 0.15) is 11.3 Å². The third-order valence-corrected chi connectivity index (χ3v) is 4.79. The minimum Gasteiger partial charge on any atom is -0.494 e. The van der Waals surface area contributed by atoms with Crippen molar-refractivity contribution in [1.82, 2.24) is 4.98 Å². The number of rotatable bonds is 2. The van der Waals surface area contributed by atoms with Gasteiger partial charge in [-0.1, -0.05) is 17.4 Å². The minimum absolute atomic E-state index is 0. The lowest BCUT2D eigenvalue weighted by Crippen LogP contribution is -2.29. The lowest BCUT2D eigenvalue weighted by atomic mass is 10.1. The Labute approximate surface area is 124 Å². The van der Waals surface area contributed by atoms with Gasteiger partial charge in [-0.3, -0.25) is 0 Å². The number of anilines is 1. The second kappa shape index (κ2) is 5.97. The van der Waals surface area contributed by atoms with Crippen LogP contribution in [0, 0.1) is 6.92 Å². The number of aromatic nitrogens is 1. The number of methoxy groups -OCH3 is 1. The maximum atomic E-state index is 5.41. The first-order valence-electron chi connectivity index (χ1n) is 6.48. The molecule has 1 aromatic heterocycles. The Morgan fingerprint density at radius 2 is 1.95 bits per heavy atom. The Morgan fingerprint density at radius 3 is 2.63 bits per heavy atom. The lowest BCUT2D eigenvalue weighted by molar-refractivity contribution is 0.419. The number of ether oxygens (including phenoxy) is 1. The molecule has 1 saturated heterocycles. The number of halogens is 1. The molecule has 3 rings (SSSR count). The highest BCUT2D eigenvalue weighted by Crippen LogP contribution is 2.36. The van der Waals surface area contributed by atoms with Crippen molar-refractivity contribution in [1.29, 1.82) is 0 Å². The summed E-state index contributed by atoms with van der Waals surface area (Å²) in [7, 11) is 1.71. The molecule has 1 aliphatic rings. The van der Waals surface area contributed by atoms with Gasteiger partial charge in [0.2, 0.25) is 0 Å². The lowest BCUT2D eigenvalue weighted by Gasteiger charge is -2.25. The van der Waals surface area contributed by atoms with E-state index in [1.54, 1.807) is 18.4 Å². The van der Waals surface area contributed by atoms with Crippen molar-refractivity contribution in [2.45, 2.75) is 26.2 Å². The van der Waals surface area contributed by atoms with Gasteiger partial charge < -0.3 is 9.64 Å². The molecule has 1 aliphatic heterocycles. The maximum absolute atomic E-state index is 5.41. The Morgan fingerprint density at radius 1 is 1.21 bits per heavy atom. The van der Waals surface area contributed by atoms with Crippen molar-refractivity contribution >= 4 is 39.1 Å². The fraction of sp³-hybridized carbons (Fsp3) is 0.500. The van der Waals surface area contributed by atoms with Crippen LogP contribution in [0.25, 0.3) is 10.2 Å². The molecule has 0 saturated carbocycles. The molecule has 104 valence electrons. The molecule has 2 aromatic rings. The van der Waals surface area contributed by atoms with Gasteiger partial charge in [0.05, 0.1) is 11.8 Å². The summed E-state index contributed by atoms with van der Waals surface area (Å²) in [5, 5.41) is 1.15. The van der Waals surface area contributed by atoms with E-state index in [1.807, 2.05) is 6.07 Å². The van der Waals surface area contributed by atoms with Gasteiger partial charge in [0.15, 0.2) is 5.13 Å². The molecule has 0 spiro atoms. The van der Waals surface area contributed by atoms with Crippen LogP contribution in [0.15, 0.2) is 12.1 Å². The zero-order chi connectivity index (χ0) is 12.5. The summed E-state index contributed by atoms with van der Waals surface area (Å²) < 4.78 is 6.67. The van der Waals surface area contributed by atoms with E-state index in [1.165, 1.54) is 29.5 Å². The largest absolute Gasteiger partial charge is 0.494 e. The van der Waals surface area contributed by atoms with Crippen LogP contribution in [0.3, 0.4) is 0 Å². The molecule has 3 nitrogen and oxygen atoms in total. The van der Waals surface area contributed by atoms with Crippen LogP contribution >= 0.6 is 23.7 Å². The molecule has 1 aromatic carbocycles. The van der Waals surface area contributed by atoms with Gasteiger partial charge in [0.25, 0.3) is 0 Å². The number of hydrogen-bond donors (Lipinski definition) is 0. The molecule has 0 bridgehead atoms. The van der Waals surface area contributed by atoms with E-state index in [-0.39, 0.29) is 12.4 Å². The van der Waals surface area contributed by atoms with E-state index < -0.39 is 0 Å². The van der Waals surface area contributed by atoms with Crippen LogP contribution in [0.1, 0.15) is 24.8 Å². The summed E-state index contributed by atoms with van der Waals surface area (Å²) >= 11 is 1.79. The number of nitrogens with zero attached hydrogens (tertiary/aromatic N) is 2. The standard InChI is InChI=1S/C14H18N2OS.ClH/c1-10-6-7-11(17-2)12-13(10)18-14(15-12)16-8-4-3-5-9-16;/h6-7H,3-5,8-9H2,1-2H3;1H. The number of hydrogen-bond acceptors (Lipinski definition) is 4. The van der Waals surface area contributed by atoms with Crippen molar-refractivity contribution in [2.75, 3.05) is 25.1 Å². The van der Waals surface area contributed by atoms with Crippen molar-refractivity contribution < 1.29 is 4.74 Å². The third kappa shape index (κ3) is 2.65. The van der Waals surface area contributed by atoms with E-state index >= 15 is 0 Å². The van der Waals surface area contributed by atoms with Crippen LogP contribution < -0.4 is 9.64 Å². The summed E-state index contributed by atoms with van der Waals surface area (Å²) in [6, 6.07) is 4.12. The van der Waals surface area contributed by atoms with Crippen LogP contribution in [-0.2, 0) is 0 Å². The number of piperidine rings is 1. The molecule has 2 heterocycles. The van der Waals surface area contributed by atoms with E-state index in [2.05, 4.69) is 17.9 Å². The Bertz CT molecular complexity index is 564. The monoisotopic (exact) mass is 298 g/mol. The summed E-state index contributed by atoms with van der Waals surface area (Å²) in [5.74, 6) is 0.884. The van der Waals surface area contributed by atoms with Crippen LogP contribution in [0.5, 0.6) is 5.75 Å². The molecule has 0 aliphatic carbocycles. The fourth-order valence-corrected chi connectivity index (χ4v) is 3.59. The Kier molecular flexibility index (Phi) is 4.53. The number of benzene rings is 1. The highest BCUT2D eigenvalue weighted by molar-refractivity contribution is 7.22. The molecule has 5 heteroatoms. The van der Waals surface area contributed by atoms with E-state index in [0.717, 1.165) is 29.5 Å². The summed E-state index contributed by atoms with van der Waals surface area (Å²) in [4.78, 5) is 7.20. The molecule has 0 unspecified atom stereocenters. The molecule has 0 amide bonds. The second-order valence-corrected chi connectivity index (χ2v) is 5.78. The zero-order valence-corrected chi connectivity index (χ0v) is 12.9. The molecule has 1 fully saturated rings. The maximum Gasteiger partial charge on any atom is 0.186 e. The highest BCUT2D eigenvalue weighted by atomic mass is 35.5. The van der Waals surface area contributed by atoms with Crippen molar-refractivity contribution in [3.8, 4) is 5.75 Å². The first-order valence-corrected chi connectivity index (χ1v) is 7.30. The van der Waals surface area contributed by atoms with Gasteiger partial charge >= 0.3 is 0 Å². The predicted molar refractivity (Wildman–Crippen MR) is 84.2 cm³/mol. The van der Waals surface area contributed by atoms with Gasteiger partial charge in [-0.2, -0.15) is 0 Å². The van der Waals surface area contributed by atoms with E-state index in [0.29, 0.717) is 0 Å². The van der Waals surface area contributed by atoms with Crippen molar-refractivity contribution in [2.24, 2.45) is 0 Å². The topological polar surface area (TPSA) is 25.4 Å². The summed E-state index contributed by atoms with van der Waals surface area (Å²) in [6.07, 6.45) is 3.92. The summed E-state index contributed by atoms with van der Waals surface area (Å²) in [6.45, 7) is 4.42. The Balaban J connectivity index is 0.00000133. The third-order valence-electron chi connectivity index (χ3n) is 3.54. The van der Waals surface area contributed by atoms with Crippen LogP contribution in [0.2, 0.25) is 0 Å². The van der Waals surface area contributed by atoms with Gasteiger partial charge in [0, 0.05) is 13.1 Å². The second-order valence-electron chi connectivity index (χ2n) is 4.81. The first-order chi connectivity index (χ1) is 8.79. The number of thiazole rings is 1. The first kappa shape index (κ1) is 14.4. The fourth-order valence-electron chi connectivity index (χ4n) is 2.48. The van der Waals surface area contributed by atoms with Crippen LogP contribution in [-0.4, -0.2) is 25.2 Å². The van der Waals surface area contributed by atoms with Crippen molar-refractivity contribution in [3.05, 3.63) is 17.7 Å². The zero-order valence-electron chi connectivity index (χ0n) is 11.3. The smallest absolute Gasteiger partial charge is 0.186 e. The molecule has 0 radical (unpaired) electrons. The SMILES string of the molecule is COc1ccc(C)c2sc(N3CCCCC3)nc12.Cl. The Hall–Kier alpha value is -1.00. The average molecular weight is 299 g/mol. The highest BCUT2D eigenvalue weighted by Gasteiger charge is 2.17. The number of aryl methyl sites for hydroxylation is 1. The van der Waals surface area contributed by atoms with Crippen molar-refractivity contribution in [3.63, 3.8) is 0 Å². The quantitative estimate of drug-likeness (QED) is 0.837. The average Bonchev–Trinajstić information content (AvgIpc) is 2.86. The molecule has 0 atom stereocenters. The molecular weight excluding hydrogens is 280 g/mol. The number of fused-ring (bicyclic) bond motifs is 1. The van der Waals surface area contributed by atoms with Gasteiger partial charge in [-0.05, 0) is 37.8 Å². The van der Waals surface area contributed by atoms with E-state index in [4.69, 9.17) is 9.72 Å². The molecule has 19 heavy (non-hydrogen) atoms. The normalized spacial score (nSPS) is 15.4. The predicted octanol–water partition coefficient (Wildman–Crippen LogP) is 4.03. The summed E-state index contributed by atoms with van der Waals surface area (Å²) in [5.41, 5.74) is 2.30. The molecule has 0 N–H and O–H groups in total. The minimum atomic E-state index is 0. The van der Waals surface area contributed by atoms with E-state index in [9.17, 15) is 0 Å².